The summed E-state index contributed by atoms with van der Waals surface area (Å²) in [5, 5.41) is 20.8. The summed E-state index contributed by atoms with van der Waals surface area (Å²) in [5.74, 6) is -2.17. The van der Waals surface area contributed by atoms with Crippen molar-refractivity contribution in [3.05, 3.63) is 34.9 Å². The molecule has 1 saturated carbocycles. The molecular formula is C23H35NO5S. The molecule has 0 bridgehead atoms. The van der Waals surface area contributed by atoms with Gasteiger partial charge in [0.2, 0.25) is 5.91 Å². The van der Waals surface area contributed by atoms with Gasteiger partial charge in [-0.05, 0) is 66.2 Å². The van der Waals surface area contributed by atoms with Crippen LogP contribution >= 0.6 is 11.8 Å². The lowest BCUT2D eigenvalue weighted by atomic mass is 10.1. The standard InChI is InChI=1S/C23H35NO5S/c1-16(2)7-5-8-17(3)9-6-10-18(4)11-14-30-15-19(20(25)26)24-21(27)23(12-13-23)22(28)29/h7,9,11,19H,5-6,8,10,12-15H2,1-4H3,(H,24,27)(H,25,26)(H,28,29)/t19-/m0/s1. The highest BCUT2D eigenvalue weighted by molar-refractivity contribution is 7.99. The quantitative estimate of drug-likeness (QED) is 0.209. The first-order chi connectivity index (χ1) is 14.1. The van der Waals surface area contributed by atoms with Gasteiger partial charge in [-0.25, -0.2) is 4.79 Å². The SMILES string of the molecule is CC(C)=CCCC(C)=CCCC(C)=CCSC[C@H](NC(=O)C1(C(=O)O)CC1)C(=O)O. The molecule has 0 aliphatic heterocycles. The number of amides is 1. The van der Waals surface area contributed by atoms with Crippen LogP contribution in [0, 0.1) is 5.41 Å². The highest BCUT2D eigenvalue weighted by Crippen LogP contribution is 2.46. The van der Waals surface area contributed by atoms with Crippen LogP contribution in [0.15, 0.2) is 34.9 Å². The lowest BCUT2D eigenvalue weighted by molar-refractivity contribution is -0.151. The van der Waals surface area contributed by atoms with E-state index in [1.54, 1.807) is 0 Å². The summed E-state index contributed by atoms with van der Waals surface area (Å²) < 4.78 is 0. The number of hydrogen-bond acceptors (Lipinski definition) is 4. The van der Waals surface area contributed by atoms with Gasteiger partial charge in [0.25, 0.3) is 0 Å². The molecule has 0 aromatic rings. The number of aliphatic carboxylic acids is 2. The van der Waals surface area contributed by atoms with Crippen LogP contribution in [0.4, 0.5) is 0 Å². The first kappa shape index (κ1) is 26.0. The van der Waals surface area contributed by atoms with Crippen molar-refractivity contribution >= 4 is 29.6 Å². The molecule has 1 aliphatic rings. The van der Waals surface area contributed by atoms with Gasteiger partial charge in [-0.3, -0.25) is 9.59 Å². The summed E-state index contributed by atoms with van der Waals surface area (Å²) in [6.07, 6.45) is 11.2. The fourth-order valence-corrected chi connectivity index (χ4v) is 3.86. The molecule has 1 amide bonds. The summed E-state index contributed by atoms with van der Waals surface area (Å²) in [4.78, 5) is 34.7. The monoisotopic (exact) mass is 437 g/mol. The average Bonchev–Trinajstić information content (AvgIpc) is 3.45. The predicted octanol–water partition coefficient (Wildman–Crippen LogP) is 4.57. The van der Waals surface area contributed by atoms with Crippen LogP contribution in [0.25, 0.3) is 0 Å². The van der Waals surface area contributed by atoms with Crippen molar-refractivity contribution in [1.29, 1.82) is 0 Å². The Balaban J connectivity index is 2.35. The van der Waals surface area contributed by atoms with Crippen LogP contribution in [0.3, 0.4) is 0 Å². The van der Waals surface area contributed by atoms with Gasteiger partial charge in [-0.1, -0.05) is 34.9 Å². The Bertz CT molecular complexity index is 715. The number of carbonyl (C=O) groups excluding carboxylic acids is 1. The molecule has 0 unspecified atom stereocenters. The van der Waals surface area contributed by atoms with Gasteiger partial charge >= 0.3 is 11.9 Å². The molecule has 168 valence electrons. The van der Waals surface area contributed by atoms with E-state index < -0.39 is 29.3 Å². The third-order valence-corrected chi connectivity index (χ3v) is 6.13. The van der Waals surface area contributed by atoms with Gasteiger partial charge in [-0.15, -0.1) is 0 Å². The molecule has 0 spiro atoms. The van der Waals surface area contributed by atoms with E-state index in [-0.39, 0.29) is 18.6 Å². The average molecular weight is 438 g/mol. The van der Waals surface area contributed by atoms with E-state index in [4.69, 9.17) is 5.11 Å². The van der Waals surface area contributed by atoms with E-state index in [0.717, 1.165) is 25.7 Å². The summed E-state index contributed by atoms with van der Waals surface area (Å²) in [6, 6.07) is -1.08. The summed E-state index contributed by atoms with van der Waals surface area (Å²) in [7, 11) is 0. The second-order valence-corrected chi connectivity index (χ2v) is 9.32. The Morgan fingerprint density at radius 1 is 0.967 bits per heavy atom. The van der Waals surface area contributed by atoms with Crippen LogP contribution in [-0.2, 0) is 14.4 Å². The van der Waals surface area contributed by atoms with E-state index >= 15 is 0 Å². The van der Waals surface area contributed by atoms with Gasteiger partial charge in [0.1, 0.15) is 11.5 Å². The van der Waals surface area contributed by atoms with Gasteiger partial charge in [0, 0.05) is 11.5 Å². The Kier molecular flexibility index (Phi) is 10.9. The number of carboxylic acids is 2. The number of hydrogen-bond donors (Lipinski definition) is 3. The van der Waals surface area contributed by atoms with Crippen molar-refractivity contribution in [2.75, 3.05) is 11.5 Å². The smallest absolute Gasteiger partial charge is 0.327 e. The van der Waals surface area contributed by atoms with Crippen molar-refractivity contribution in [2.24, 2.45) is 5.41 Å². The van der Waals surface area contributed by atoms with Crippen molar-refractivity contribution in [1.82, 2.24) is 5.32 Å². The lowest BCUT2D eigenvalue weighted by Gasteiger charge is -2.17. The number of rotatable bonds is 14. The molecule has 0 radical (unpaired) electrons. The second kappa shape index (κ2) is 12.6. The van der Waals surface area contributed by atoms with Crippen LogP contribution in [0.5, 0.6) is 0 Å². The zero-order valence-electron chi connectivity index (χ0n) is 18.5. The molecule has 0 aromatic carbocycles. The third kappa shape index (κ3) is 9.20. The molecule has 0 saturated heterocycles. The van der Waals surface area contributed by atoms with E-state index in [1.165, 1.54) is 28.5 Å². The molecule has 0 heterocycles. The van der Waals surface area contributed by atoms with Crippen LogP contribution in [0.2, 0.25) is 0 Å². The normalized spacial score (nSPS) is 16.5. The maximum absolute atomic E-state index is 12.1. The molecule has 1 rings (SSSR count). The highest BCUT2D eigenvalue weighted by atomic mass is 32.2. The van der Waals surface area contributed by atoms with Crippen molar-refractivity contribution in [2.45, 2.75) is 72.3 Å². The van der Waals surface area contributed by atoms with Crippen molar-refractivity contribution < 1.29 is 24.6 Å². The number of carboxylic acid groups (broad SMARTS) is 2. The second-order valence-electron chi connectivity index (χ2n) is 8.25. The number of carbonyl (C=O) groups is 3. The minimum absolute atomic E-state index is 0.198. The molecule has 1 aliphatic carbocycles. The van der Waals surface area contributed by atoms with Crippen molar-refractivity contribution in [3.63, 3.8) is 0 Å². The first-order valence-electron chi connectivity index (χ1n) is 10.4. The minimum Gasteiger partial charge on any atom is -0.480 e. The first-order valence-corrected chi connectivity index (χ1v) is 11.5. The Labute approximate surface area is 183 Å². The van der Waals surface area contributed by atoms with Crippen LogP contribution in [-0.4, -0.2) is 45.6 Å². The van der Waals surface area contributed by atoms with E-state index in [2.05, 4.69) is 51.2 Å². The fraction of sp³-hybridized carbons (Fsp3) is 0.609. The molecule has 7 heteroatoms. The molecular weight excluding hydrogens is 402 g/mol. The van der Waals surface area contributed by atoms with Crippen molar-refractivity contribution in [3.8, 4) is 0 Å². The predicted molar refractivity (Wildman–Crippen MR) is 122 cm³/mol. The molecule has 1 atom stereocenters. The fourth-order valence-electron chi connectivity index (χ4n) is 2.86. The Hall–Kier alpha value is -2.02. The molecule has 3 N–H and O–H groups in total. The lowest BCUT2D eigenvalue weighted by Crippen LogP contribution is -2.47. The van der Waals surface area contributed by atoms with Gasteiger partial charge < -0.3 is 15.5 Å². The van der Waals surface area contributed by atoms with Gasteiger partial charge in [0.05, 0.1) is 0 Å². The molecule has 0 aromatic heterocycles. The Morgan fingerprint density at radius 2 is 1.53 bits per heavy atom. The summed E-state index contributed by atoms with van der Waals surface area (Å²) in [5.41, 5.74) is 2.56. The van der Waals surface area contributed by atoms with E-state index in [0.29, 0.717) is 5.75 Å². The van der Waals surface area contributed by atoms with Crippen LogP contribution < -0.4 is 5.32 Å². The molecule has 1 fully saturated rings. The topological polar surface area (TPSA) is 104 Å². The number of thioether (sulfide) groups is 1. The highest BCUT2D eigenvalue weighted by Gasteiger charge is 2.57. The number of nitrogens with one attached hydrogen (secondary N) is 1. The third-order valence-electron chi connectivity index (χ3n) is 5.15. The maximum Gasteiger partial charge on any atom is 0.327 e. The van der Waals surface area contributed by atoms with Crippen LogP contribution in [0.1, 0.15) is 66.2 Å². The summed E-state index contributed by atoms with van der Waals surface area (Å²) >= 11 is 1.41. The largest absolute Gasteiger partial charge is 0.480 e. The van der Waals surface area contributed by atoms with E-state index in [9.17, 15) is 19.5 Å². The summed E-state index contributed by atoms with van der Waals surface area (Å²) in [6.45, 7) is 8.44. The zero-order valence-corrected chi connectivity index (χ0v) is 19.3. The van der Waals surface area contributed by atoms with E-state index in [1.807, 2.05) is 0 Å². The molecule has 6 nitrogen and oxygen atoms in total. The van der Waals surface area contributed by atoms with Gasteiger partial charge in [0.15, 0.2) is 0 Å². The Morgan fingerprint density at radius 3 is 2.03 bits per heavy atom. The number of allylic oxidation sites excluding steroid dienone is 5. The van der Waals surface area contributed by atoms with Gasteiger partial charge in [-0.2, -0.15) is 11.8 Å². The minimum atomic E-state index is -1.42. The molecule has 30 heavy (non-hydrogen) atoms. The maximum atomic E-state index is 12.1. The zero-order chi connectivity index (χ0) is 22.7.